The number of para-hydroxylation sites is 1. The minimum Gasteiger partial charge on any atom is -0.481 e. The molecule has 0 aliphatic rings. The summed E-state index contributed by atoms with van der Waals surface area (Å²) in [6.07, 6.45) is 0.472. The Balaban J connectivity index is 1.82. The molecule has 7 nitrogen and oxygen atoms in total. The van der Waals surface area contributed by atoms with Crippen LogP contribution in [0.3, 0.4) is 0 Å². The Kier molecular flexibility index (Phi) is 7.28. The molecule has 0 bridgehead atoms. The molecule has 2 rings (SSSR count). The molecule has 0 aliphatic heterocycles. The Bertz CT molecular complexity index is 870. The first-order valence-electron chi connectivity index (χ1n) is 8.93. The van der Waals surface area contributed by atoms with Gasteiger partial charge in [-0.15, -0.1) is 0 Å². The lowest BCUT2D eigenvalue weighted by atomic mass is 10.3. The van der Waals surface area contributed by atoms with E-state index in [1.54, 1.807) is 31.2 Å². The topological polar surface area (TPSA) is 78.9 Å². The van der Waals surface area contributed by atoms with Crippen LogP contribution >= 0.6 is 0 Å². The highest BCUT2D eigenvalue weighted by Crippen LogP contribution is 2.21. The summed E-state index contributed by atoms with van der Waals surface area (Å²) in [6, 6.07) is 16.5. The van der Waals surface area contributed by atoms with Gasteiger partial charge in [-0.05, 0) is 43.3 Å². The molecule has 0 spiro atoms. The average molecular weight is 406 g/mol. The molecule has 2 aromatic rings. The molecule has 2 aromatic carbocycles. The van der Waals surface area contributed by atoms with E-state index in [2.05, 4.69) is 10.2 Å². The van der Waals surface area contributed by atoms with Crippen LogP contribution in [-0.2, 0) is 14.8 Å². The number of nitrogens with one attached hydrogen (secondary N) is 1. The van der Waals surface area contributed by atoms with Crippen molar-refractivity contribution in [2.45, 2.75) is 13.0 Å². The van der Waals surface area contributed by atoms with Crippen LogP contribution in [0.1, 0.15) is 6.92 Å². The van der Waals surface area contributed by atoms with E-state index >= 15 is 0 Å². The molecule has 0 aliphatic carbocycles. The molecule has 0 radical (unpaired) electrons. The second kappa shape index (κ2) is 9.45. The van der Waals surface area contributed by atoms with E-state index in [0.29, 0.717) is 24.5 Å². The van der Waals surface area contributed by atoms with Gasteiger partial charge in [-0.1, -0.05) is 18.2 Å². The summed E-state index contributed by atoms with van der Waals surface area (Å²) in [6.45, 7) is 2.85. The van der Waals surface area contributed by atoms with Gasteiger partial charge in [0.05, 0.1) is 11.9 Å². The predicted octanol–water partition coefficient (Wildman–Crippen LogP) is 2.10. The van der Waals surface area contributed by atoms with Crippen LogP contribution in [0.15, 0.2) is 54.6 Å². The minimum atomic E-state index is -3.32. The van der Waals surface area contributed by atoms with Crippen LogP contribution in [0.25, 0.3) is 0 Å². The van der Waals surface area contributed by atoms with Crippen molar-refractivity contribution in [3.8, 4) is 5.75 Å². The Morgan fingerprint density at radius 2 is 1.64 bits per heavy atom. The van der Waals surface area contributed by atoms with Crippen LogP contribution in [0, 0.1) is 0 Å². The lowest BCUT2D eigenvalue weighted by molar-refractivity contribution is -0.127. The number of ether oxygens (including phenoxy) is 1. The Morgan fingerprint density at radius 3 is 2.21 bits per heavy atom. The minimum absolute atomic E-state index is 0.209. The van der Waals surface area contributed by atoms with Crippen molar-refractivity contribution in [2.75, 3.05) is 42.6 Å². The lowest BCUT2D eigenvalue weighted by Crippen LogP contribution is -2.40. The van der Waals surface area contributed by atoms with Gasteiger partial charge < -0.3 is 15.0 Å². The molecule has 1 atom stereocenters. The molecule has 8 heteroatoms. The molecule has 0 aromatic heterocycles. The maximum Gasteiger partial charge on any atom is 0.260 e. The van der Waals surface area contributed by atoms with Crippen molar-refractivity contribution in [2.24, 2.45) is 0 Å². The number of carbonyl (C=O) groups is 1. The summed E-state index contributed by atoms with van der Waals surface area (Å²) in [5, 5.41) is 2.86. The predicted molar refractivity (Wildman–Crippen MR) is 113 cm³/mol. The van der Waals surface area contributed by atoms with Gasteiger partial charge in [0.25, 0.3) is 5.91 Å². The first-order valence-corrected chi connectivity index (χ1v) is 10.8. The standard InChI is InChI=1S/C20H27N3O4S/c1-16(20(24)21-14-15-22(2)17-8-6-5-7-9-17)27-19-12-10-18(11-13-19)23(3)28(4,25)26/h5-13,16H,14-15H2,1-4H3,(H,21,24)/t16-/m0/s1. The third-order valence-corrected chi connectivity index (χ3v) is 5.53. The van der Waals surface area contributed by atoms with E-state index < -0.39 is 16.1 Å². The molecule has 0 heterocycles. The van der Waals surface area contributed by atoms with Crippen molar-refractivity contribution >= 4 is 27.3 Å². The van der Waals surface area contributed by atoms with E-state index in [-0.39, 0.29) is 5.91 Å². The summed E-state index contributed by atoms with van der Waals surface area (Å²) >= 11 is 0. The van der Waals surface area contributed by atoms with Crippen LogP contribution in [0.4, 0.5) is 11.4 Å². The van der Waals surface area contributed by atoms with Crippen LogP contribution in [-0.4, -0.2) is 53.9 Å². The molecule has 0 unspecified atom stereocenters. The van der Waals surface area contributed by atoms with Crippen molar-refractivity contribution in [3.05, 3.63) is 54.6 Å². The number of sulfonamides is 1. The van der Waals surface area contributed by atoms with E-state index in [0.717, 1.165) is 11.9 Å². The third kappa shape index (κ3) is 6.16. The van der Waals surface area contributed by atoms with Gasteiger partial charge >= 0.3 is 0 Å². The van der Waals surface area contributed by atoms with E-state index in [9.17, 15) is 13.2 Å². The number of amides is 1. The zero-order valence-corrected chi connectivity index (χ0v) is 17.4. The third-order valence-electron chi connectivity index (χ3n) is 4.32. The summed E-state index contributed by atoms with van der Waals surface area (Å²) in [7, 11) is 0.130. The quantitative estimate of drug-likeness (QED) is 0.691. The molecule has 0 saturated carbocycles. The second-order valence-electron chi connectivity index (χ2n) is 6.53. The maximum atomic E-state index is 12.2. The molecule has 152 valence electrons. The average Bonchev–Trinajstić information content (AvgIpc) is 2.67. The number of nitrogens with zero attached hydrogens (tertiary/aromatic N) is 2. The SMILES string of the molecule is C[C@H](Oc1ccc(N(C)S(C)(=O)=O)cc1)C(=O)NCCN(C)c1ccccc1. The number of hydrogen-bond donors (Lipinski definition) is 1. The molecule has 0 fully saturated rings. The fourth-order valence-corrected chi connectivity index (χ4v) is 2.99. The van der Waals surface area contributed by atoms with Crippen molar-refractivity contribution in [1.82, 2.24) is 5.32 Å². The van der Waals surface area contributed by atoms with Gasteiger partial charge in [0, 0.05) is 32.9 Å². The first-order chi connectivity index (χ1) is 13.2. The zero-order chi connectivity index (χ0) is 20.7. The highest BCUT2D eigenvalue weighted by Gasteiger charge is 2.16. The van der Waals surface area contributed by atoms with Gasteiger partial charge in [0.1, 0.15) is 5.75 Å². The van der Waals surface area contributed by atoms with Gasteiger partial charge in [-0.25, -0.2) is 8.42 Å². The van der Waals surface area contributed by atoms with E-state index in [4.69, 9.17) is 4.74 Å². The molecule has 0 saturated heterocycles. The maximum absolute atomic E-state index is 12.2. The molecule has 28 heavy (non-hydrogen) atoms. The van der Waals surface area contributed by atoms with Gasteiger partial charge in [-0.3, -0.25) is 9.10 Å². The zero-order valence-electron chi connectivity index (χ0n) is 16.6. The first kappa shape index (κ1) is 21.6. The largest absolute Gasteiger partial charge is 0.481 e. The fourth-order valence-electron chi connectivity index (χ4n) is 2.49. The van der Waals surface area contributed by atoms with Crippen LogP contribution < -0.4 is 19.3 Å². The highest BCUT2D eigenvalue weighted by molar-refractivity contribution is 7.92. The normalized spacial score (nSPS) is 12.1. The van der Waals surface area contributed by atoms with Crippen molar-refractivity contribution in [1.29, 1.82) is 0 Å². The molecular weight excluding hydrogens is 378 g/mol. The Morgan fingerprint density at radius 1 is 1.04 bits per heavy atom. The second-order valence-corrected chi connectivity index (χ2v) is 8.55. The summed E-state index contributed by atoms with van der Waals surface area (Å²) in [5.41, 5.74) is 1.61. The van der Waals surface area contributed by atoms with Gasteiger partial charge in [0.15, 0.2) is 6.10 Å². The molecule has 1 amide bonds. The van der Waals surface area contributed by atoms with Gasteiger partial charge in [-0.2, -0.15) is 0 Å². The number of carbonyl (C=O) groups excluding carboxylic acids is 1. The lowest BCUT2D eigenvalue weighted by Gasteiger charge is -2.21. The van der Waals surface area contributed by atoms with Crippen molar-refractivity contribution in [3.63, 3.8) is 0 Å². The number of benzene rings is 2. The summed E-state index contributed by atoms with van der Waals surface area (Å²) in [4.78, 5) is 14.3. The number of rotatable bonds is 9. The number of hydrogen-bond acceptors (Lipinski definition) is 5. The molecular formula is C20H27N3O4S. The smallest absolute Gasteiger partial charge is 0.260 e. The van der Waals surface area contributed by atoms with Crippen molar-refractivity contribution < 1.29 is 17.9 Å². The van der Waals surface area contributed by atoms with Crippen LogP contribution in [0.5, 0.6) is 5.75 Å². The van der Waals surface area contributed by atoms with Gasteiger partial charge in [0.2, 0.25) is 10.0 Å². The summed E-state index contributed by atoms with van der Waals surface area (Å²) < 4.78 is 29.9. The van der Waals surface area contributed by atoms with Crippen LogP contribution in [0.2, 0.25) is 0 Å². The van der Waals surface area contributed by atoms with E-state index in [1.165, 1.54) is 11.4 Å². The Labute approximate surface area is 167 Å². The molecule has 1 N–H and O–H groups in total. The monoisotopic (exact) mass is 405 g/mol. The fraction of sp³-hybridized carbons (Fsp3) is 0.350. The highest BCUT2D eigenvalue weighted by atomic mass is 32.2. The number of likely N-dealkylation sites (N-methyl/N-ethyl adjacent to an activating group) is 1. The Hall–Kier alpha value is -2.74. The van der Waals surface area contributed by atoms with E-state index in [1.807, 2.05) is 37.4 Å². The number of anilines is 2. The summed E-state index contributed by atoms with van der Waals surface area (Å²) in [5.74, 6) is 0.286.